The van der Waals surface area contributed by atoms with Crippen LogP contribution in [-0.2, 0) is 20.9 Å². The molecule has 0 aliphatic heterocycles. The number of carboxylic acids is 1. The van der Waals surface area contributed by atoms with Gasteiger partial charge in [0, 0.05) is 13.0 Å². The Bertz CT molecular complexity index is 836. The summed E-state index contributed by atoms with van der Waals surface area (Å²) >= 11 is 0. The van der Waals surface area contributed by atoms with Gasteiger partial charge in [0.05, 0.1) is 0 Å². The van der Waals surface area contributed by atoms with E-state index in [2.05, 4.69) is 10.6 Å². The van der Waals surface area contributed by atoms with E-state index in [0.29, 0.717) is 17.7 Å². The zero-order valence-electron chi connectivity index (χ0n) is 16.6. The predicted octanol–water partition coefficient (Wildman–Crippen LogP) is 2.67. The van der Waals surface area contributed by atoms with Crippen molar-refractivity contribution in [1.29, 1.82) is 0 Å². The fourth-order valence-electron chi connectivity index (χ4n) is 2.72. The highest BCUT2D eigenvalue weighted by Crippen LogP contribution is 2.16. The van der Waals surface area contributed by atoms with E-state index >= 15 is 0 Å². The van der Waals surface area contributed by atoms with Gasteiger partial charge < -0.3 is 20.5 Å². The maximum absolute atomic E-state index is 12.8. The van der Waals surface area contributed by atoms with Crippen LogP contribution in [0.25, 0.3) is 0 Å². The Kier molecular flexibility index (Phi) is 8.21. The number of ether oxygens (including phenoxy) is 1. The number of carboxylic acid groups (broad SMARTS) is 1. The summed E-state index contributed by atoms with van der Waals surface area (Å²) in [6.07, 6.45) is 0.333. The quantitative estimate of drug-likeness (QED) is 0.571. The average Bonchev–Trinajstić information content (AvgIpc) is 2.69. The number of amides is 2. The van der Waals surface area contributed by atoms with Crippen LogP contribution in [0.1, 0.15) is 37.4 Å². The van der Waals surface area contributed by atoms with Gasteiger partial charge in [-0.1, -0.05) is 56.3 Å². The molecule has 2 amide bonds. The standard InChI is InChI=1S/C22H26N2O5/c1-15(2)11-19(25)24-21(17-8-4-3-5-9-17)22(28)23-13-16-7-6-10-18(12-16)29-14-20(26)27/h3-10,12,15,21H,11,13-14H2,1-2H3,(H,23,28)(H,24,25)(H,26,27). The van der Waals surface area contributed by atoms with Crippen molar-refractivity contribution in [2.45, 2.75) is 32.9 Å². The van der Waals surface area contributed by atoms with Crippen LogP contribution in [-0.4, -0.2) is 29.5 Å². The Morgan fingerprint density at radius 3 is 2.41 bits per heavy atom. The average molecular weight is 398 g/mol. The van der Waals surface area contributed by atoms with Crippen molar-refractivity contribution in [2.75, 3.05) is 6.61 Å². The normalized spacial score (nSPS) is 11.6. The highest BCUT2D eigenvalue weighted by molar-refractivity contribution is 5.88. The zero-order valence-corrected chi connectivity index (χ0v) is 16.6. The molecular formula is C22H26N2O5. The molecule has 29 heavy (non-hydrogen) atoms. The van der Waals surface area contributed by atoms with Crippen molar-refractivity contribution in [3.05, 3.63) is 65.7 Å². The molecule has 2 rings (SSSR count). The second-order valence-corrected chi connectivity index (χ2v) is 7.06. The molecule has 7 heteroatoms. The summed E-state index contributed by atoms with van der Waals surface area (Å²) in [6.45, 7) is 3.66. The third-order valence-electron chi connectivity index (χ3n) is 4.02. The maximum Gasteiger partial charge on any atom is 0.341 e. The van der Waals surface area contributed by atoms with Crippen LogP contribution in [0.5, 0.6) is 5.75 Å². The van der Waals surface area contributed by atoms with Crippen LogP contribution >= 0.6 is 0 Å². The van der Waals surface area contributed by atoms with Crippen LogP contribution in [0.4, 0.5) is 0 Å². The molecule has 0 saturated heterocycles. The summed E-state index contributed by atoms with van der Waals surface area (Å²) < 4.78 is 5.15. The first-order valence-electron chi connectivity index (χ1n) is 9.40. The summed E-state index contributed by atoms with van der Waals surface area (Å²) in [5, 5.41) is 14.3. The summed E-state index contributed by atoms with van der Waals surface area (Å²) in [5.41, 5.74) is 1.45. The molecule has 154 valence electrons. The maximum atomic E-state index is 12.8. The number of nitrogens with one attached hydrogen (secondary N) is 2. The molecule has 0 aliphatic rings. The van der Waals surface area contributed by atoms with Crippen molar-refractivity contribution >= 4 is 17.8 Å². The third-order valence-corrected chi connectivity index (χ3v) is 4.02. The van der Waals surface area contributed by atoms with Crippen molar-refractivity contribution in [3.8, 4) is 5.75 Å². The number of carbonyl (C=O) groups is 3. The number of hydrogen-bond donors (Lipinski definition) is 3. The lowest BCUT2D eigenvalue weighted by molar-refractivity contribution is -0.139. The van der Waals surface area contributed by atoms with Crippen LogP contribution in [0, 0.1) is 5.92 Å². The Hall–Kier alpha value is -3.35. The molecule has 3 N–H and O–H groups in total. The second-order valence-electron chi connectivity index (χ2n) is 7.06. The Morgan fingerprint density at radius 1 is 1.03 bits per heavy atom. The van der Waals surface area contributed by atoms with E-state index in [1.54, 1.807) is 36.4 Å². The summed E-state index contributed by atoms with van der Waals surface area (Å²) in [7, 11) is 0. The monoisotopic (exact) mass is 398 g/mol. The molecule has 7 nitrogen and oxygen atoms in total. The van der Waals surface area contributed by atoms with Crippen molar-refractivity contribution in [1.82, 2.24) is 10.6 Å². The van der Waals surface area contributed by atoms with E-state index in [1.807, 2.05) is 32.0 Å². The van der Waals surface area contributed by atoms with Crippen molar-refractivity contribution in [2.24, 2.45) is 5.92 Å². The van der Waals surface area contributed by atoms with Crippen LogP contribution < -0.4 is 15.4 Å². The van der Waals surface area contributed by atoms with Gasteiger partial charge in [0.1, 0.15) is 11.8 Å². The molecule has 1 unspecified atom stereocenters. The van der Waals surface area contributed by atoms with Gasteiger partial charge in [-0.25, -0.2) is 4.79 Å². The highest BCUT2D eigenvalue weighted by atomic mass is 16.5. The first-order valence-corrected chi connectivity index (χ1v) is 9.40. The van der Waals surface area contributed by atoms with E-state index in [4.69, 9.17) is 9.84 Å². The van der Waals surface area contributed by atoms with E-state index in [9.17, 15) is 14.4 Å². The molecule has 0 radical (unpaired) electrons. The third kappa shape index (κ3) is 7.65. The molecule has 0 bridgehead atoms. The van der Waals surface area contributed by atoms with E-state index in [0.717, 1.165) is 5.56 Å². The Morgan fingerprint density at radius 2 is 1.76 bits per heavy atom. The van der Waals surface area contributed by atoms with Gasteiger partial charge >= 0.3 is 5.97 Å². The molecule has 0 aliphatic carbocycles. The summed E-state index contributed by atoms with van der Waals surface area (Å²) in [4.78, 5) is 35.7. The van der Waals surface area contributed by atoms with Gasteiger partial charge in [-0.15, -0.1) is 0 Å². The van der Waals surface area contributed by atoms with Crippen LogP contribution in [0.3, 0.4) is 0 Å². The fourth-order valence-corrected chi connectivity index (χ4v) is 2.72. The van der Waals surface area contributed by atoms with Crippen LogP contribution in [0.15, 0.2) is 54.6 Å². The van der Waals surface area contributed by atoms with Crippen molar-refractivity contribution < 1.29 is 24.2 Å². The van der Waals surface area contributed by atoms with Gasteiger partial charge in [0.2, 0.25) is 11.8 Å². The number of benzene rings is 2. The smallest absolute Gasteiger partial charge is 0.341 e. The van der Waals surface area contributed by atoms with Crippen molar-refractivity contribution in [3.63, 3.8) is 0 Å². The first-order chi connectivity index (χ1) is 13.8. The SMILES string of the molecule is CC(C)CC(=O)NC(C(=O)NCc1cccc(OCC(=O)O)c1)c1ccccc1. The Balaban J connectivity index is 2.05. The molecule has 0 heterocycles. The molecule has 2 aromatic carbocycles. The van der Waals surface area contributed by atoms with Gasteiger partial charge in [-0.2, -0.15) is 0 Å². The lowest BCUT2D eigenvalue weighted by Crippen LogP contribution is -2.40. The Labute approximate surface area is 170 Å². The summed E-state index contributed by atoms with van der Waals surface area (Å²) in [5.74, 6) is -0.989. The topological polar surface area (TPSA) is 105 Å². The van der Waals surface area contributed by atoms with Gasteiger partial charge in [0.25, 0.3) is 0 Å². The number of rotatable bonds is 10. The zero-order chi connectivity index (χ0) is 21.2. The van der Waals surface area contributed by atoms with Gasteiger partial charge in [-0.05, 0) is 29.2 Å². The number of hydrogen-bond acceptors (Lipinski definition) is 4. The minimum absolute atomic E-state index is 0.183. The van der Waals surface area contributed by atoms with E-state index in [-0.39, 0.29) is 24.3 Å². The molecule has 0 spiro atoms. The minimum atomic E-state index is -1.06. The van der Waals surface area contributed by atoms with E-state index < -0.39 is 18.6 Å². The largest absolute Gasteiger partial charge is 0.482 e. The number of carbonyl (C=O) groups excluding carboxylic acids is 2. The number of aliphatic carboxylic acids is 1. The van der Waals surface area contributed by atoms with Crippen LogP contribution in [0.2, 0.25) is 0 Å². The molecule has 1 atom stereocenters. The predicted molar refractivity (Wildman–Crippen MR) is 108 cm³/mol. The second kappa shape index (κ2) is 10.8. The highest BCUT2D eigenvalue weighted by Gasteiger charge is 2.22. The minimum Gasteiger partial charge on any atom is -0.482 e. The fraction of sp³-hybridized carbons (Fsp3) is 0.318. The van der Waals surface area contributed by atoms with E-state index in [1.165, 1.54) is 0 Å². The molecule has 0 aromatic heterocycles. The first kappa shape index (κ1) is 21.9. The molecule has 0 fully saturated rings. The van der Waals surface area contributed by atoms with Gasteiger partial charge in [-0.3, -0.25) is 9.59 Å². The molecule has 0 saturated carbocycles. The molecular weight excluding hydrogens is 372 g/mol. The van der Waals surface area contributed by atoms with Gasteiger partial charge in [0.15, 0.2) is 6.61 Å². The lowest BCUT2D eigenvalue weighted by atomic mass is 10.0. The summed E-state index contributed by atoms with van der Waals surface area (Å²) in [6, 6.07) is 15.1. The lowest BCUT2D eigenvalue weighted by Gasteiger charge is -2.19. The molecule has 2 aromatic rings.